The molecule has 0 amide bonds. The minimum Gasteiger partial charge on any atom is -0.317 e. The summed E-state index contributed by atoms with van der Waals surface area (Å²) in [6.45, 7) is 2.98. The van der Waals surface area contributed by atoms with Gasteiger partial charge in [0.2, 0.25) is 0 Å². The molecule has 1 saturated carbocycles. The molecule has 0 bridgehead atoms. The molecule has 17 heavy (non-hydrogen) atoms. The van der Waals surface area contributed by atoms with E-state index in [1.54, 1.807) is 17.0 Å². The number of nitrogens with zero attached hydrogens (tertiary/aromatic N) is 2. The Bertz CT molecular complexity index is 444. The molecule has 0 unspecified atom stereocenters. The van der Waals surface area contributed by atoms with Gasteiger partial charge in [-0.25, -0.2) is 4.98 Å². The summed E-state index contributed by atoms with van der Waals surface area (Å²) < 4.78 is 1.78. The molecule has 2 heterocycles. The van der Waals surface area contributed by atoms with E-state index in [9.17, 15) is 4.79 Å². The van der Waals surface area contributed by atoms with E-state index in [1.165, 1.54) is 12.8 Å². The van der Waals surface area contributed by atoms with Crippen LogP contribution in [-0.4, -0.2) is 22.6 Å². The van der Waals surface area contributed by atoms with Gasteiger partial charge in [0.15, 0.2) is 0 Å². The number of aromatic nitrogens is 2. The zero-order valence-corrected chi connectivity index (χ0v) is 10.1. The lowest BCUT2D eigenvalue weighted by atomic mass is 9.98. The van der Waals surface area contributed by atoms with Crippen LogP contribution >= 0.6 is 0 Å². The average molecular weight is 233 g/mol. The third kappa shape index (κ3) is 2.57. The van der Waals surface area contributed by atoms with Crippen LogP contribution in [0.15, 0.2) is 17.2 Å². The quantitative estimate of drug-likeness (QED) is 0.851. The fraction of sp³-hybridized carbons (Fsp3) is 0.692. The molecule has 92 valence electrons. The lowest BCUT2D eigenvalue weighted by Gasteiger charge is -2.23. The molecule has 0 atom stereocenters. The average Bonchev–Trinajstić information content (AvgIpc) is 3.17. The van der Waals surface area contributed by atoms with Crippen molar-refractivity contribution in [2.75, 3.05) is 13.1 Å². The molecule has 1 aromatic rings. The maximum Gasteiger partial charge on any atom is 0.253 e. The van der Waals surface area contributed by atoms with Gasteiger partial charge in [-0.05, 0) is 44.7 Å². The molecule has 0 aromatic carbocycles. The van der Waals surface area contributed by atoms with Crippen LogP contribution in [0.3, 0.4) is 0 Å². The molecule has 1 N–H and O–H groups in total. The maximum atomic E-state index is 12.0. The Morgan fingerprint density at radius 1 is 1.29 bits per heavy atom. The van der Waals surface area contributed by atoms with E-state index in [1.807, 2.05) is 0 Å². The van der Waals surface area contributed by atoms with Gasteiger partial charge >= 0.3 is 0 Å². The van der Waals surface area contributed by atoms with Gasteiger partial charge in [0.25, 0.3) is 5.56 Å². The minimum absolute atomic E-state index is 0.125. The summed E-state index contributed by atoms with van der Waals surface area (Å²) in [5.74, 6) is 1.19. The molecular weight excluding hydrogens is 214 g/mol. The van der Waals surface area contributed by atoms with Crippen LogP contribution in [0.1, 0.15) is 37.3 Å². The Balaban J connectivity index is 1.71. The second-order valence-corrected chi connectivity index (χ2v) is 5.27. The normalized spacial score (nSPS) is 21.6. The van der Waals surface area contributed by atoms with E-state index in [-0.39, 0.29) is 5.56 Å². The lowest BCUT2D eigenvalue weighted by Crippen LogP contribution is -2.32. The first-order valence-corrected chi connectivity index (χ1v) is 6.60. The fourth-order valence-corrected chi connectivity index (χ4v) is 2.52. The van der Waals surface area contributed by atoms with Gasteiger partial charge in [-0.15, -0.1) is 0 Å². The number of piperidine rings is 1. The number of hydrogen-bond donors (Lipinski definition) is 1. The molecular formula is C13H19N3O. The molecule has 3 rings (SSSR count). The Kier molecular flexibility index (Phi) is 2.97. The van der Waals surface area contributed by atoms with Crippen LogP contribution in [-0.2, 0) is 6.54 Å². The van der Waals surface area contributed by atoms with E-state index < -0.39 is 0 Å². The van der Waals surface area contributed by atoms with Gasteiger partial charge in [-0.1, -0.05) is 0 Å². The topological polar surface area (TPSA) is 46.9 Å². The molecule has 1 aliphatic carbocycles. The number of nitrogens with one attached hydrogen (secondary N) is 1. The molecule has 2 fully saturated rings. The summed E-state index contributed by atoms with van der Waals surface area (Å²) in [6, 6.07) is 1.73. The highest BCUT2D eigenvalue weighted by Crippen LogP contribution is 2.38. The smallest absolute Gasteiger partial charge is 0.253 e. The molecule has 1 saturated heterocycles. The Morgan fingerprint density at radius 2 is 2.06 bits per heavy atom. The molecule has 4 nitrogen and oxygen atoms in total. The van der Waals surface area contributed by atoms with E-state index in [4.69, 9.17) is 0 Å². The predicted molar refractivity (Wildman–Crippen MR) is 66.1 cm³/mol. The van der Waals surface area contributed by atoms with Crippen molar-refractivity contribution >= 4 is 0 Å². The highest BCUT2D eigenvalue weighted by molar-refractivity contribution is 5.12. The monoisotopic (exact) mass is 233 g/mol. The highest BCUT2D eigenvalue weighted by atomic mass is 16.1. The lowest BCUT2D eigenvalue weighted by molar-refractivity contribution is 0.328. The second-order valence-electron chi connectivity index (χ2n) is 5.27. The molecule has 4 heteroatoms. The van der Waals surface area contributed by atoms with Crippen molar-refractivity contribution in [3.63, 3.8) is 0 Å². The van der Waals surface area contributed by atoms with Crippen LogP contribution < -0.4 is 10.9 Å². The zero-order valence-electron chi connectivity index (χ0n) is 10.1. The summed E-state index contributed by atoms with van der Waals surface area (Å²) in [6.07, 6.45) is 6.47. The third-order valence-electron chi connectivity index (χ3n) is 3.81. The van der Waals surface area contributed by atoms with Gasteiger partial charge in [0.1, 0.15) is 0 Å². The highest BCUT2D eigenvalue weighted by Gasteiger charge is 2.25. The summed E-state index contributed by atoms with van der Waals surface area (Å²) in [5, 5.41) is 3.34. The van der Waals surface area contributed by atoms with Gasteiger partial charge in [-0.3, -0.25) is 9.36 Å². The van der Waals surface area contributed by atoms with Gasteiger partial charge in [0.05, 0.1) is 12.0 Å². The SMILES string of the molecule is O=c1cc(C2CC2)ncn1CC1CCNCC1. The van der Waals surface area contributed by atoms with E-state index in [0.717, 1.165) is 38.2 Å². The summed E-state index contributed by atoms with van der Waals surface area (Å²) >= 11 is 0. The predicted octanol–water partition coefficient (Wildman–Crippen LogP) is 1.12. The van der Waals surface area contributed by atoms with Gasteiger partial charge < -0.3 is 5.32 Å². The molecule has 0 spiro atoms. The third-order valence-corrected chi connectivity index (χ3v) is 3.81. The minimum atomic E-state index is 0.125. The standard InChI is InChI=1S/C13H19N3O/c17-13-7-12(11-1-2-11)15-9-16(13)8-10-3-5-14-6-4-10/h7,9-11,14H,1-6,8H2. The van der Waals surface area contributed by atoms with Crippen molar-refractivity contribution < 1.29 is 0 Å². The van der Waals surface area contributed by atoms with Crippen molar-refractivity contribution in [1.82, 2.24) is 14.9 Å². The molecule has 0 radical (unpaired) electrons. The first-order valence-electron chi connectivity index (χ1n) is 6.60. The molecule has 1 aromatic heterocycles. The Hall–Kier alpha value is -1.16. The van der Waals surface area contributed by atoms with Crippen molar-refractivity contribution in [2.24, 2.45) is 5.92 Å². The fourth-order valence-electron chi connectivity index (χ4n) is 2.52. The van der Waals surface area contributed by atoms with E-state index >= 15 is 0 Å². The Labute approximate surface area is 101 Å². The summed E-state index contributed by atoms with van der Waals surface area (Å²) in [5.41, 5.74) is 1.12. The van der Waals surface area contributed by atoms with Crippen molar-refractivity contribution in [3.8, 4) is 0 Å². The number of hydrogen-bond acceptors (Lipinski definition) is 3. The van der Waals surface area contributed by atoms with Gasteiger partial charge in [-0.2, -0.15) is 0 Å². The Morgan fingerprint density at radius 3 is 2.71 bits per heavy atom. The first-order chi connectivity index (χ1) is 8.33. The van der Waals surface area contributed by atoms with Crippen LogP contribution in [0.2, 0.25) is 0 Å². The maximum absolute atomic E-state index is 12.0. The molecule has 2 aliphatic rings. The van der Waals surface area contributed by atoms with Crippen molar-refractivity contribution in [2.45, 2.75) is 38.1 Å². The second kappa shape index (κ2) is 4.61. The van der Waals surface area contributed by atoms with Crippen LogP contribution in [0.5, 0.6) is 0 Å². The van der Waals surface area contributed by atoms with Crippen LogP contribution in [0, 0.1) is 5.92 Å². The largest absolute Gasteiger partial charge is 0.317 e. The number of rotatable bonds is 3. The summed E-state index contributed by atoms with van der Waals surface area (Å²) in [7, 11) is 0. The van der Waals surface area contributed by atoms with E-state index in [2.05, 4.69) is 10.3 Å². The summed E-state index contributed by atoms with van der Waals surface area (Å²) in [4.78, 5) is 16.4. The van der Waals surface area contributed by atoms with E-state index in [0.29, 0.717) is 11.8 Å². The van der Waals surface area contributed by atoms with Crippen molar-refractivity contribution in [1.29, 1.82) is 0 Å². The van der Waals surface area contributed by atoms with Gasteiger partial charge in [0, 0.05) is 18.5 Å². The molecule has 1 aliphatic heterocycles. The first kappa shape index (κ1) is 11.0. The van der Waals surface area contributed by atoms with Crippen LogP contribution in [0.25, 0.3) is 0 Å². The zero-order chi connectivity index (χ0) is 11.7. The van der Waals surface area contributed by atoms with Crippen LogP contribution in [0.4, 0.5) is 0 Å². The van der Waals surface area contributed by atoms with Crippen molar-refractivity contribution in [3.05, 3.63) is 28.4 Å².